The molecule has 6 nitrogen and oxygen atoms in total. The standard InChI is InChI=1S/C20H25N3O3/c1-14(2)13-26-18-10-8-16(9-11-18)22-12-19(24)23-17-6-4-15(5-7-17)20(25)21-3/h4-11,14,22H,12-13H2,1-3H3,(H,21,25)(H,23,24). The quantitative estimate of drug-likeness (QED) is 0.680. The van der Waals surface area contributed by atoms with Crippen molar-refractivity contribution in [3.63, 3.8) is 0 Å². The lowest BCUT2D eigenvalue weighted by Gasteiger charge is -2.11. The van der Waals surface area contributed by atoms with Crippen molar-refractivity contribution in [2.75, 3.05) is 30.8 Å². The Bertz CT molecular complexity index is 725. The number of amides is 2. The van der Waals surface area contributed by atoms with E-state index >= 15 is 0 Å². The summed E-state index contributed by atoms with van der Waals surface area (Å²) in [7, 11) is 1.58. The Balaban J connectivity index is 1.80. The zero-order valence-electron chi connectivity index (χ0n) is 15.3. The Kier molecular flexibility index (Phi) is 7.02. The van der Waals surface area contributed by atoms with Crippen LogP contribution in [0.15, 0.2) is 48.5 Å². The third-order valence-electron chi connectivity index (χ3n) is 3.55. The Hall–Kier alpha value is -3.02. The van der Waals surface area contributed by atoms with Crippen molar-refractivity contribution >= 4 is 23.2 Å². The maximum absolute atomic E-state index is 12.0. The summed E-state index contributed by atoms with van der Waals surface area (Å²) in [4.78, 5) is 23.5. The van der Waals surface area contributed by atoms with Gasteiger partial charge in [0.25, 0.3) is 5.91 Å². The van der Waals surface area contributed by atoms with Crippen molar-refractivity contribution in [2.45, 2.75) is 13.8 Å². The fourth-order valence-corrected chi connectivity index (χ4v) is 2.17. The zero-order chi connectivity index (χ0) is 18.9. The number of nitrogens with one attached hydrogen (secondary N) is 3. The molecule has 0 aromatic heterocycles. The molecular weight excluding hydrogens is 330 g/mol. The molecule has 0 aliphatic heterocycles. The minimum atomic E-state index is -0.169. The number of ether oxygens (including phenoxy) is 1. The average Bonchev–Trinajstić information content (AvgIpc) is 2.65. The Labute approximate surface area is 153 Å². The predicted molar refractivity (Wildman–Crippen MR) is 104 cm³/mol. The molecule has 0 aliphatic carbocycles. The van der Waals surface area contributed by atoms with E-state index in [-0.39, 0.29) is 18.4 Å². The van der Waals surface area contributed by atoms with Crippen LogP contribution in [0.5, 0.6) is 5.75 Å². The molecule has 0 spiro atoms. The van der Waals surface area contributed by atoms with Crippen LogP contribution in [0.25, 0.3) is 0 Å². The number of benzene rings is 2. The highest BCUT2D eigenvalue weighted by molar-refractivity contribution is 5.96. The monoisotopic (exact) mass is 355 g/mol. The van der Waals surface area contributed by atoms with E-state index < -0.39 is 0 Å². The first-order chi connectivity index (χ1) is 12.5. The maximum atomic E-state index is 12.0. The summed E-state index contributed by atoms with van der Waals surface area (Å²) in [5.74, 6) is 0.954. The molecule has 0 fully saturated rings. The van der Waals surface area contributed by atoms with Crippen LogP contribution in [0.2, 0.25) is 0 Å². The molecule has 26 heavy (non-hydrogen) atoms. The van der Waals surface area contributed by atoms with Crippen LogP contribution in [0.4, 0.5) is 11.4 Å². The molecule has 2 rings (SSSR count). The third kappa shape index (κ3) is 6.12. The van der Waals surface area contributed by atoms with Crippen molar-refractivity contribution in [3.8, 4) is 5.75 Å². The molecule has 0 saturated heterocycles. The SMILES string of the molecule is CNC(=O)c1ccc(NC(=O)CNc2ccc(OCC(C)C)cc2)cc1. The Morgan fingerprint density at radius 2 is 1.58 bits per heavy atom. The Morgan fingerprint density at radius 1 is 0.962 bits per heavy atom. The second kappa shape index (κ2) is 9.46. The summed E-state index contributed by atoms with van der Waals surface area (Å²) in [6.07, 6.45) is 0. The highest BCUT2D eigenvalue weighted by Gasteiger charge is 2.05. The van der Waals surface area contributed by atoms with E-state index in [2.05, 4.69) is 29.8 Å². The van der Waals surface area contributed by atoms with Gasteiger partial charge in [0, 0.05) is 24.0 Å². The van der Waals surface area contributed by atoms with Crippen molar-refractivity contribution in [1.29, 1.82) is 0 Å². The molecule has 6 heteroatoms. The fraction of sp³-hybridized carbons (Fsp3) is 0.300. The van der Waals surface area contributed by atoms with E-state index in [9.17, 15) is 9.59 Å². The predicted octanol–water partition coefficient (Wildman–Crippen LogP) is 3.13. The molecular formula is C20H25N3O3. The van der Waals surface area contributed by atoms with Crippen LogP contribution >= 0.6 is 0 Å². The number of anilines is 2. The largest absolute Gasteiger partial charge is 0.493 e. The minimum Gasteiger partial charge on any atom is -0.493 e. The van der Waals surface area contributed by atoms with Crippen LogP contribution < -0.4 is 20.7 Å². The van der Waals surface area contributed by atoms with Gasteiger partial charge in [-0.25, -0.2) is 0 Å². The van der Waals surface area contributed by atoms with Crippen LogP contribution in [0.3, 0.4) is 0 Å². The molecule has 0 saturated carbocycles. The molecule has 0 aliphatic rings. The molecule has 0 bridgehead atoms. The number of carbonyl (C=O) groups excluding carboxylic acids is 2. The smallest absolute Gasteiger partial charge is 0.251 e. The van der Waals surface area contributed by atoms with Crippen molar-refractivity contribution in [3.05, 3.63) is 54.1 Å². The molecule has 2 aromatic rings. The van der Waals surface area contributed by atoms with E-state index in [1.807, 2.05) is 24.3 Å². The van der Waals surface area contributed by atoms with E-state index in [0.717, 1.165) is 11.4 Å². The van der Waals surface area contributed by atoms with Gasteiger partial charge in [-0.1, -0.05) is 13.8 Å². The first kappa shape index (κ1) is 19.3. The summed E-state index contributed by atoms with van der Waals surface area (Å²) in [5.41, 5.74) is 2.03. The second-order valence-electron chi connectivity index (χ2n) is 6.29. The van der Waals surface area contributed by atoms with Gasteiger partial charge in [0.15, 0.2) is 0 Å². The van der Waals surface area contributed by atoms with Gasteiger partial charge in [-0.15, -0.1) is 0 Å². The summed E-state index contributed by atoms with van der Waals surface area (Å²) in [6, 6.07) is 14.2. The van der Waals surface area contributed by atoms with Crippen LogP contribution in [-0.2, 0) is 4.79 Å². The lowest BCUT2D eigenvalue weighted by Crippen LogP contribution is -2.22. The van der Waals surface area contributed by atoms with Gasteiger partial charge < -0.3 is 20.7 Å². The van der Waals surface area contributed by atoms with E-state index in [1.165, 1.54) is 0 Å². The van der Waals surface area contributed by atoms with Crippen molar-refractivity contribution in [1.82, 2.24) is 5.32 Å². The number of hydrogen-bond donors (Lipinski definition) is 3. The lowest BCUT2D eigenvalue weighted by molar-refractivity contribution is -0.114. The van der Waals surface area contributed by atoms with Crippen molar-refractivity contribution < 1.29 is 14.3 Å². The van der Waals surface area contributed by atoms with Gasteiger partial charge in [-0.2, -0.15) is 0 Å². The van der Waals surface area contributed by atoms with E-state index in [4.69, 9.17) is 4.74 Å². The highest BCUT2D eigenvalue weighted by Crippen LogP contribution is 2.16. The van der Waals surface area contributed by atoms with Gasteiger partial charge >= 0.3 is 0 Å². The second-order valence-corrected chi connectivity index (χ2v) is 6.29. The normalized spacial score (nSPS) is 10.3. The molecule has 2 aromatic carbocycles. The van der Waals surface area contributed by atoms with E-state index in [1.54, 1.807) is 31.3 Å². The topological polar surface area (TPSA) is 79.5 Å². The van der Waals surface area contributed by atoms with Gasteiger partial charge in [0.2, 0.25) is 5.91 Å². The van der Waals surface area contributed by atoms with Gasteiger partial charge in [-0.3, -0.25) is 9.59 Å². The summed E-state index contributed by atoms with van der Waals surface area (Å²) in [5, 5.41) is 8.40. The molecule has 138 valence electrons. The molecule has 0 atom stereocenters. The van der Waals surface area contributed by atoms with Crippen LogP contribution in [0, 0.1) is 5.92 Å². The van der Waals surface area contributed by atoms with Crippen LogP contribution in [0.1, 0.15) is 24.2 Å². The molecule has 2 amide bonds. The van der Waals surface area contributed by atoms with Crippen molar-refractivity contribution in [2.24, 2.45) is 5.92 Å². The average molecular weight is 355 g/mol. The lowest BCUT2D eigenvalue weighted by atomic mass is 10.2. The summed E-state index contributed by atoms with van der Waals surface area (Å²) >= 11 is 0. The maximum Gasteiger partial charge on any atom is 0.251 e. The van der Waals surface area contributed by atoms with Gasteiger partial charge in [0.05, 0.1) is 13.2 Å². The molecule has 0 heterocycles. The summed E-state index contributed by atoms with van der Waals surface area (Å²) < 4.78 is 5.63. The third-order valence-corrected chi connectivity index (χ3v) is 3.55. The molecule has 0 radical (unpaired) electrons. The van der Waals surface area contributed by atoms with Gasteiger partial charge in [0.1, 0.15) is 5.75 Å². The zero-order valence-corrected chi connectivity index (χ0v) is 15.3. The first-order valence-electron chi connectivity index (χ1n) is 8.56. The number of carbonyl (C=O) groups is 2. The van der Waals surface area contributed by atoms with Crippen LogP contribution in [-0.4, -0.2) is 32.0 Å². The highest BCUT2D eigenvalue weighted by atomic mass is 16.5. The fourth-order valence-electron chi connectivity index (χ4n) is 2.17. The summed E-state index contributed by atoms with van der Waals surface area (Å²) in [6.45, 7) is 5.01. The molecule has 0 unspecified atom stereocenters. The first-order valence-corrected chi connectivity index (χ1v) is 8.56. The number of hydrogen-bond acceptors (Lipinski definition) is 4. The van der Waals surface area contributed by atoms with Gasteiger partial charge in [-0.05, 0) is 54.4 Å². The number of rotatable bonds is 8. The molecule has 3 N–H and O–H groups in total. The van der Waals surface area contributed by atoms with E-state index in [0.29, 0.717) is 23.8 Å². The Morgan fingerprint density at radius 3 is 2.15 bits per heavy atom. The minimum absolute atomic E-state index is 0.142.